The van der Waals surface area contributed by atoms with Gasteiger partial charge in [-0.3, -0.25) is 0 Å². The highest BCUT2D eigenvalue weighted by atomic mass is 79.9. The number of hydrogen-bond acceptors (Lipinski definition) is 2. The summed E-state index contributed by atoms with van der Waals surface area (Å²) >= 11 is 3.60. The molecule has 0 aliphatic heterocycles. The summed E-state index contributed by atoms with van der Waals surface area (Å²) in [4.78, 5) is 0. The van der Waals surface area contributed by atoms with Gasteiger partial charge >= 0.3 is 0 Å². The molecule has 0 spiro atoms. The van der Waals surface area contributed by atoms with E-state index in [1.165, 1.54) is 31.2 Å². The van der Waals surface area contributed by atoms with Crippen LogP contribution in [0.15, 0.2) is 22.7 Å². The topological polar surface area (TPSA) is 21.3 Å². The first kappa shape index (κ1) is 16.5. The van der Waals surface area contributed by atoms with Crippen LogP contribution in [0.3, 0.4) is 0 Å². The smallest absolute Gasteiger partial charge is 0.133 e. The van der Waals surface area contributed by atoms with Crippen molar-refractivity contribution in [3.8, 4) is 5.75 Å². The molecular weight excluding hydrogens is 302 g/mol. The van der Waals surface area contributed by atoms with Crippen LogP contribution in [-0.4, -0.2) is 13.2 Å². The Labute approximate surface area is 126 Å². The summed E-state index contributed by atoms with van der Waals surface area (Å²) < 4.78 is 6.61. The van der Waals surface area contributed by atoms with Gasteiger partial charge in [0.25, 0.3) is 0 Å². The zero-order valence-electron chi connectivity index (χ0n) is 12.3. The fourth-order valence-corrected chi connectivity index (χ4v) is 2.75. The van der Waals surface area contributed by atoms with Crippen LogP contribution in [0.2, 0.25) is 0 Å². The number of halogens is 1. The molecule has 0 saturated heterocycles. The van der Waals surface area contributed by atoms with Crippen LogP contribution in [-0.2, 0) is 0 Å². The van der Waals surface area contributed by atoms with Crippen molar-refractivity contribution in [1.82, 2.24) is 5.32 Å². The lowest BCUT2D eigenvalue weighted by atomic mass is 10.0. The first-order chi connectivity index (χ1) is 9.22. The Kier molecular flexibility index (Phi) is 8.15. The molecule has 1 rings (SSSR count). The van der Waals surface area contributed by atoms with Crippen LogP contribution in [0, 0.1) is 0 Å². The Bertz CT molecular complexity index is 368. The van der Waals surface area contributed by atoms with Crippen molar-refractivity contribution in [3.63, 3.8) is 0 Å². The third-order valence-corrected chi connectivity index (χ3v) is 3.82. The van der Waals surface area contributed by atoms with Crippen molar-refractivity contribution in [2.24, 2.45) is 0 Å². The number of benzene rings is 1. The second-order valence-electron chi connectivity index (χ2n) is 4.73. The highest BCUT2D eigenvalue weighted by Crippen LogP contribution is 2.30. The lowest BCUT2D eigenvalue weighted by Crippen LogP contribution is -2.20. The fraction of sp³-hybridized carbons (Fsp3) is 0.625. The zero-order valence-corrected chi connectivity index (χ0v) is 13.9. The molecule has 0 radical (unpaired) electrons. The van der Waals surface area contributed by atoms with E-state index < -0.39 is 0 Å². The summed E-state index contributed by atoms with van der Waals surface area (Å²) in [6.45, 7) is 8.12. The third-order valence-electron chi connectivity index (χ3n) is 3.21. The predicted octanol–water partition coefficient (Wildman–Crippen LogP) is 5.08. The van der Waals surface area contributed by atoms with Crippen LogP contribution in [0.5, 0.6) is 5.75 Å². The van der Waals surface area contributed by atoms with Gasteiger partial charge in [-0.1, -0.05) is 39.2 Å². The average molecular weight is 328 g/mol. The highest BCUT2D eigenvalue weighted by Gasteiger charge is 2.12. The van der Waals surface area contributed by atoms with Crippen molar-refractivity contribution in [1.29, 1.82) is 0 Å². The van der Waals surface area contributed by atoms with Gasteiger partial charge in [0.1, 0.15) is 5.75 Å². The van der Waals surface area contributed by atoms with Gasteiger partial charge in [-0.2, -0.15) is 0 Å². The number of unbranched alkanes of at least 4 members (excludes halogenated alkanes) is 2. The molecule has 108 valence electrons. The molecule has 1 atom stereocenters. The Balaban J connectivity index is 2.74. The minimum Gasteiger partial charge on any atom is -0.493 e. The van der Waals surface area contributed by atoms with Crippen molar-refractivity contribution in [3.05, 3.63) is 28.2 Å². The number of rotatable bonds is 9. The Morgan fingerprint density at radius 3 is 2.58 bits per heavy atom. The predicted molar refractivity (Wildman–Crippen MR) is 85.9 cm³/mol. The van der Waals surface area contributed by atoms with Gasteiger partial charge in [0.2, 0.25) is 0 Å². The maximum absolute atomic E-state index is 5.56. The Morgan fingerprint density at radius 1 is 1.21 bits per heavy atom. The van der Waals surface area contributed by atoms with Crippen molar-refractivity contribution >= 4 is 15.9 Å². The lowest BCUT2D eigenvalue weighted by molar-refractivity contribution is 0.338. The molecule has 3 heteroatoms. The molecule has 0 aliphatic carbocycles. The molecular formula is C16H26BrNO. The number of nitrogens with one attached hydrogen (secondary N) is 1. The van der Waals surface area contributed by atoms with E-state index in [4.69, 9.17) is 4.74 Å². The fourth-order valence-electron chi connectivity index (χ4n) is 2.24. The first-order valence-corrected chi connectivity index (χ1v) is 8.17. The summed E-state index contributed by atoms with van der Waals surface area (Å²) in [6, 6.07) is 6.87. The molecule has 1 N–H and O–H groups in total. The van der Waals surface area contributed by atoms with Gasteiger partial charge in [-0.25, -0.2) is 0 Å². The molecule has 2 nitrogen and oxygen atoms in total. The molecule has 0 aromatic heterocycles. The number of ether oxygens (including phenoxy) is 1. The molecule has 1 unspecified atom stereocenters. The van der Waals surface area contributed by atoms with E-state index in [9.17, 15) is 0 Å². The second kappa shape index (κ2) is 9.38. The van der Waals surface area contributed by atoms with Gasteiger partial charge in [0, 0.05) is 6.04 Å². The van der Waals surface area contributed by atoms with Crippen molar-refractivity contribution in [2.45, 2.75) is 52.5 Å². The zero-order chi connectivity index (χ0) is 14.1. The maximum Gasteiger partial charge on any atom is 0.133 e. The van der Waals surface area contributed by atoms with Gasteiger partial charge in [-0.15, -0.1) is 0 Å². The van der Waals surface area contributed by atoms with Crippen molar-refractivity contribution < 1.29 is 4.74 Å². The highest BCUT2D eigenvalue weighted by molar-refractivity contribution is 9.10. The average Bonchev–Trinajstić information content (AvgIpc) is 2.40. The number of hydrogen-bond donors (Lipinski definition) is 1. The SMILES string of the molecule is CCCCCC(NCC)c1ccc(OCC)c(Br)c1. The Morgan fingerprint density at radius 2 is 2.00 bits per heavy atom. The van der Waals surface area contributed by atoms with Gasteiger partial charge in [0.15, 0.2) is 0 Å². The van der Waals surface area contributed by atoms with Crippen LogP contribution in [0.4, 0.5) is 0 Å². The van der Waals surface area contributed by atoms with Crippen LogP contribution < -0.4 is 10.1 Å². The van der Waals surface area contributed by atoms with E-state index in [0.29, 0.717) is 12.6 Å². The normalized spacial score (nSPS) is 12.4. The van der Waals surface area contributed by atoms with E-state index in [1.807, 2.05) is 6.92 Å². The summed E-state index contributed by atoms with van der Waals surface area (Å²) in [5.74, 6) is 0.926. The quantitative estimate of drug-likeness (QED) is 0.638. The van der Waals surface area contributed by atoms with E-state index in [2.05, 4.69) is 53.3 Å². The third kappa shape index (κ3) is 5.53. The van der Waals surface area contributed by atoms with E-state index in [0.717, 1.165) is 16.8 Å². The largest absolute Gasteiger partial charge is 0.493 e. The molecule has 19 heavy (non-hydrogen) atoms. The molecule has 1 aromatic rings. The minimum atomic E-state index is 0.448. The summed E-state index contributed by atoms with van der Waals surface area (Å²) in [5, 5.41) is 3.57. The molecule has 0 bridgehead atoms. The van der Waals surface area contributed by atoms with Crippen LogP contribution in [0.25, 0.3) is 0 Å². The van der Waals surface area contributed by atoms with Crippen molar-refractivity contribution in [2.75, 3.05) is 13.2 Å². The van der Waals surface area contributed by atoms with E-state index in [-0.39, 0.29) is 0 Å². The molecule has 0 heterocycles. The molecule has 0 amide bonds. The summed E-state index contributed by atoms with van der Waals surface area (Å²) in [7, 11) is 0. The van der Waals surface area contributed by atoms with Crippen LogP contribution >= 0.6 is 15.9 Å². The monoisotopic (exact) mass is 327 g/mol. The molecule has 0 fully saturated rings. The molecule has 1 aromatic carbocycles. The van der Waals surface area contributed by atoms with Crippen LogP contribution in [0.1, 0.15) is 58.1 Å². The maximum atomic E-state index is 5.56. The molecule has 0 aliphatic rings. The second-order valence-corrected chi connectivity index (χ2v) is 5.58. The molecule has 0 saturated carbocycles. The first-order valence-electron chi connectivity index (χ1n) is 7.38. The van der Waals surface area contributed by atoms with E-state index in [1.54, 1.807) is 0 Å². The van der Waals surface area contributed by atoms with Gasteiger partial charge in [0.05, 0.1) is 11.1 Å². The standard InChI is InChI=1S/C16H26BrNO/c1-4-7-8-9-15(18-5-2)13-10-11-16(19-6-3)14(17)12-13/h10-12,15,18H,4-9H2,1-3H3. The van der Waals surface area contributed by atoms with Gasteiger partial charge in [-0.05, 0) is 53.5 Å². The van der Waals surface area contributed by atoms with Gasteiger partial charge < -0.3 is 10.1 Å². The summed E-state index contributed by atoms with van der Waals surface area (Å²) in [6.07, 6.45) is 5.05. The lowest BCUT2D eigenvalue weighted by Gasteiger charge is -2.19. The Hall–Kier alpha value is -0.540. The minimum absolute atomic E-state index is 0.448. The van der Waals surface area contributed by atoms with E-state index >= 15 is 0 Å². The summed E-state index contributed by atoms with van der Waals surface area (Å²) in [5.41, 5.74) is 1.34.